The van der Waals surface area contributed by atoms with E-state index in [1.54, 1.807) is 0 Å². The van der Waals surface area contributed by atoms with Gasteiger partial charge >= 0.3 is 0 Å². The first-order valence-electron chi connectivity index (χ1n) is 5.53. The molecule has 0 fully saturated rings. The number of rotatable bonds is 2. The van der Waals surface area contributed by atoms with Crippen LogP contribution in [0.2, 0.25) is 0 Å². The van der Waals surface area contributed by atoms with Crippen LogP contribution in [-0.4, -0.2) is 24.0 Å². The van der Waals surface area contributed by atoms with Gasteiger partial charge in [0, 0.05) is 25.3 Å². The average molecular weight is 254 g/mol. The van der Waals surface area contributed by atoms with Crippen molar-refractivity contribution in [1.82, 2.24) is 4.90 Å². The molecule has 1 aromatic carbocycles. The number of hydrogen-bond acceptors (Lipinski definition) is 4. The van der Waals surface area contributed by atoms with Crippen LogP contribution in [0, 0.1) is 11.6 Å². The monoisotopic (exact) mass is 254 g/mol. The Morgan fingerprint density at radius 2 is 1.94 bits per heavy atom. The minimum atomic E-state index is -0.898. The highest BCUT2D eigenvalue weighted by atomic mass is 19.2. The molecule has 1 aliphatic rings. The Labute approximate surface area is 104 Å². The van der Waals surface area contributed by atoms with Gasteiger partial charge in [0.05, 0.1) is 11.2 Å². The van der Waals surface area contributed by atoms with Crippen molar-refractivity contribution >= 4 is 5.69 Å². The number of halogens is 2. The van der Waals surface area contributed by atoms with Gasteiger partial charge in [0.15, 0.2) is 11.6 Å². The minimum Gasteiger partial charge on any atom is -0.397 e. The van der Waals surface area contributed by atoms with Crippen molar-refractivity contribution in [3.05, 3.63) is 41.4 Å². The van der Waals surface area contributed by atoms with E-state index in [1.807, 2.05) is 18.9 Å². The second-order valence-corrected chi connectivity index (χ2v) is 4.74. The van der Waals surface area contributed by atoms with Gasteiger partial charge < -0.3 is 21.7 Å². The summed E-state index contributed by atoms with van der Waals surface area (Å²) in [4.78, 5) is 1.81. The second-order valence-electron chi connectivity index (χ2n) is 4.74. The van der Waals surface area contributed by atoms with E-state index in [2.05, 4.69) is 5.32 Å². The fourth-order valence-corrected chi connectivity index (χ4v) is 2.13. The zero-order chi connectivity index (χ0) is 13.5. The summed E-state index contributed by atoms with van der Waals surface area (Å²) in [6, 6.07) is 3.64. The van der Waals surface area contributed by atoms with E-state index in [0.717, 1.165) is 12.1 Å². The van der Waals surface area contributed by atoms with E-state index < -0.39 is 17.2 Å². The lowest BCUT2D eigenvalue weighted by Crippen LogP contribution is -2.43. The van der Waals surface area contributed by atoms with Crippen LogP contribution in [0.5, 0.6) is 0 Å². The number of anilines is 1. The Hall–Kier alpha value is -1.98. The molecule has 1 aliphatic heterocycles. The normalized spacial score (nSPS) is 23.7. The molecule has 1 unspecified atom stereocenters. The highest BCUT2D eigenvalue weighted by Crippen LogP contribution is 2.28. The van der Waals surface area contributed by atoms with Crippen LogP contribution in [0.4, 0.5) is 14.5 Å². The van der Waals surface area contributed by atoms with E-state index in [0.29, 0.717) is 23.8 Å². The summed E-state index contributed by atoms with van der Waals surface area (Å²) in [5.41, 5.74) is 12.1. The lowest BCUT2D eigenvalue weighted by Gasteiger charge is -2.28. The summed E-state index contributed by atoms with van der Waals surface area (Å²) in [6.07, 6.45) is 0. The van der Waals surface area contributed by atoms with Crippen molar-refractivity contribution < 1.29 is 8.78 Å². The van der Waals surface area contributed by atoms with E-state index in [-0.39, 0.29) is 0 Å². The van der Waals surface area contributed by atoms with Gasteiger partial charge in [0.25, 0.3) is 0 Å². The molecule has 0 radical (unpaired) electrons. The standard InChI is InChI=1S/C12H16F2N4/c1-12(6-18(2)11(16)10(12)15)17-7-3-4-8(13)9(14)5-7/h3-5,17H,6,15-16H2,1-2H3. The van der Waals surface area contributed by atoms with Gasteiger partial charge in [-0.3, -0.25) is 0 Å². The quantitative estimate of drug-likeness (QED) is 0.741. The van der Waals surface area contributed by atoms with Gasteiger partial charge in [-0.15, -0.1) is 0 Å². The Morgan fingerprint density at radius 1 is 1.28 bits per heavy atom. The molecule has 1 aromatic rings. The van der Waals surface area contributed by atoms with E-state index in [1.165, 1.54) is 6.07 Å². The largest absolute Gasteiger partial charge is 0.397 e. The SMILES string of the molecule is CN1CC(C)(Nc2ccc(F)c(F)c2)C(N)=C1N. The van der Waals surface area contributed by atoms with Crippen LogP contribution < -0.4 is 16.8 Å². The Kier molecular flexibility index (Phi) is 2.80. The number of nitrogens with one attached hydrogen (secondary N) is 1. The van der Waals surface area contributed by atoms with Gasteiger partial charge in [-0.05, 0) is 19.1 Å². The molecule has 0 saturated heterocycles. The summed E-state index contributed by atoms with van der Waals surface area (Å²) < 4.78 is 26.0. The molecule has 0 spiro atoms. The van der Waals surface area contributed by atoms with Crippen LogP contribution >= 0.6 is 0 Å². The molecule has 0 saturated carbocycles. The van der Waals surface area contributed by atoms with Crippen molar-refractivity contribution in [1.29, 1.82) is 0 Å². The Balaban J connectivity index is 2.27. The molecule has 0 amide bonds. The summed E-state index contributed by atoms with van der Waals surface area (Å²) in [5, 5.41) is 3.08. The molecule has 0 bridgehead atoms. The van der Waals surface area contributed by atoms with Gasteiger partial charge in [0.1, 0.15) is 5.82 Å². The number of nitrogens with zero attached hydrogens (tertiary/aromatic N) is 1. The summed E-state index contributed by atoms with van der Waals surface area (Å²) in [5.74, 6) is -1.28. The first-order valence-corrected chi connectivity index (χ1v) is 5.53. The maximum atomic E-state index is 13.1. The van der Waals surface area contributed by atoms with Crippen molar-refractivity contribution in [2.45, 2.75) is 12.5 Å². The number of benzene rings is 1. The Bertz CT molecular complexity index is 515. The van der Waals surface area contributed by atoms with Gasteiger partial charge in [-0.1, -0.05) is 0 Å². The molecular weight excluding hydrogens is 238 g/mol. The molecular formula is C12H16F2N4. The topological polar surface area (TPSA) is 67.3 Å². The molecule has 2 rings (SSSR count). The lowest BCUT2D eigenvalue weighted by atomic mass is 10.00. The fourth-order valence-electron chi connectivity index (χ4n) is 2.13. The molecule has 98 valence electrons. The minimum absolute atomic E-state index is 0.461. The summed E-state index contributed by atoms with van der Waals surface area (Å²) in [7, 11) is 1.82. The van der Waals surface area contributed by atoms with Gasteiger partial charge in [0.2, 0.25) is 0 Å². The Morgan fingerprint density at radius 3 is 2.44 bits per heavy atom. The van der Waals surface area contributed by atoms with Crippen molar-refractivity contribution in [3.8, 4) is 0 Å². The molecule has 18 heavy (non-hydrogen) atoms. The third kappa shape index (κ3) is 1.94. The number of likely N-dealkylation sites (N-methyl/N-ethyl adjacent to an activating group) is 1. The van der Waals surface area contributed by atoms with Crippen LogP contribution in [0.15, 0.2) is 29.7 Å². The fraction of sp³-hybridized carbons (Fsp3) is 0.333. The molecule has 6 heteroatoms. The van der Waals surface area contributed by atoms with E-state index in [9.17, 15) is 8.78 Å². The number of hydrogen-bond donors (Lipinski definition) is 3. The van der Waals surface area contributed by atoms with Crippen LogP contribution in [0.25, 0.3) is 0 Å². The van der Waals surface area contributed by atoms with Crippen molar-refractivity contribution in [2.75, 3.05) is 18.9 Å². The first-order chi connectivity index (χ1) is 8.33. The van der Waals surface area contributed by atoms with Gasteiger partial charge in [-0.25, -0.2) is 8.78 Å². The summed E-state index contributed by atoms with van der Waals surface area (Å²) >= 11 is 0. The smallest absolute Gasteiger partial charge is 0.160 e. The molecule has 0 aromatic heterocycles. The van der Waals surface area contributed by atoms with Crippen molar-refractivity contribution in [2.24, 2.45) is 11.5 Å². The third-order valence-electron chi connectivity index (χ3n) is 3.17. The molecule has 4 nitrogen and oxygen atoms in total. The predicted molar refractivity (Wildman–Crippen MR) is 66.4 cm³/mol. The van der Waals surface area contributed by atoms with Crippen LogP contribution in [-0.2, 0) is 0 Å². The first kappa shape index (κ1) is 12.5. The van der Waals surface area contributed by atoms with Crippen LogP contribution in [0.1, 0.15) is 6.92 Å². The summed E-state index contributed by atoms with van der Waals surface area (Å²) in [6.45, 7) is 2.42. The third-order valence-corrected chi connectivity index (χ3v) is 3.17. The molecule has 5 N–H and O–H groups in total. The average Bonchev–Trinajstić information content (AvgIpc) is 2.48. The van der Waals surface area contributed by atoms with Crippen molar-refractivity contribution in [3.63, 3.8) is 0 Å². The molecule has 1 heterocycles. The maximum Gasteiger partial charge on any atom is 0.160 e. The number of nitrogens with two attached hydrogens (primary N) is 2. The van der Waals surface area contributed by atoms with Crippen LogP contribution in [0.3, 0.4) is 0 Å². The lowest BCUT2D eigenvalue weighted by molar-refractivity contribution is 0.402. The highest BCUT2D eigenvalue weighted by Gasteiger charge is 2.37. The highest BCUT2D eigenvalue weighted by molar-refractivity contribution is 5.50. The maximum absolute atomic E-state index is 13.1. The van der Waals surface area contributed by atoms with E-state index >= 15 is 0 Å². The zero-order valence-electron chi connectivity index (χ0n) is 10.3. The second kappa shape index (κ2) is 4.04. The molecule has 1 atom stereocenters. The molecule has 0 aliphatic carbocycles. The van der Waals surface area contributed by atoms with E-state index in [4.69, 9.17) is 11.5 Å². The zero-order valence-corrected chi connectivity index (χ0v) is 10.3. The predicted octanol–water partition coefficient (Wildman–Crippen LogP) is 1.17. The van der Waals surface area contributed by atoms with Gasteiger partial charge in [-0.2, -0.15) is 0 Å².